The van der Waals surface area contributed by atoms with Crippen LogP contribution in [-0.2, 0) is 0 Å². The Hall–Kier alpha value is -1.84. The van der Waals surface area contributed by atoms with Crippen LogP contribution in [0.5, 0.6) is 0 Å². The first-order valence-electron chi connectivity index (χ1n) is 5.99. The first kappa shape index (κ1) is 12.2. The van der Waals surface area contributed by atoms with Gasteiger partial charge in [0.05, 0.1) is 5.56 Å². The fraction of sp³-hybridized carbons (Fsp3) is 0.133. The van der Waals surface area contributed by atoms with Crippen LogP contribution in [-0.4, -0.2) is 17.6 Å². The van der Waals surface area contributed by atoms with Crippen molar-refractivity contribution in [1.29, 1.82) is 0 Å². The molecule has 1 unspecified atom stereocenters. The van der Waals surface area contributed by atoms with Crippen LogP contribution in [0.15, 0.2) is 36.4 Å². The zero-order valence-electron chi connectivity index (χ0n) is 10.1. The Morgan fingerprint density at radius 1 is 1.26 bits per heavy atom. The van der Waals surface area contributed by atoms with E-state index in [1.807, 2.05) is 24.3 Å². The van der Waals surface area contributed by atoms with Gasteiger partial charge in [-0.3, -0.25) is 0 Å². The summed E-state index contributed by atoms with van der Waals surface area (Å²) in [7, 11) is 0. The van der Waals surface area contributed by atoms with Crippen LogP contribution in [0.4, 0.5) is 0 Å². The van der Waals surface area contributed by atoms with Crippen molar-refractivity contribution in [2.45, 2.75) is 5.92 Å². The summed E-state index contributed by atoms with van der Waals surface area (Å²) >= 11 is 6.26. The second-order valence-electron chi connectivity index (χ2n) is 4.60. The fourth-order valence-corrected chi connectivity index (χ4v) is 3.03. The van der Waals surface area contributed by atoms with Gasteiger partial charge in [-0.2, -0.15) is 0 Å². The topological polar surface area (TPSA) is 63.3 Å². The molecule has 0 spiro atoms. The molecule has 1 aliphatic rings. The van der Waals surface area contributed by atoms with Crippen LogP contribution in [0.25, 0.3) is 11.1 Å². The number of carbonyl (C=O) groups is 1. The standard InChI is InChI=1S/C15H12ClNO2/c16-13-3-1-2-9-12(7-17)11-6-8(15(18)19)4-5-10(11)14(9)13/h1-6,12H,7,17H2,(H,18,19). The third-order valence-corrected chi connectivity index (χ3v) is 3.92. The van der Waals surface area contributed by atoms with E-state index in [2.05, 4.69) is 0 Å². The molecule has 0 fully saturated rings. The second-order valence-corrected chi connectivity index (χ2v) is 5.01. The summed E-state index contributed by atoms with van der Waals surface area (Å²) in [5.74, 6) is -0.913. The molecule has 2 aromatic rings. The monoisotopic (exact) mass is 273 g/mol. The summed E-state index contributed by atoms with van der Waals surface area (Å²) in [6.07, 6.45) is 0. The molecule has 0 bridgehead atoms. The smallest absolute Gasteiger partial charge is 0.335 e. The summed E-state index contributed by atoms with van der Waals surface area (Å²) in [5, 5.41) is 9.77. The van der Waals surface area contributed by atoms with Gasteiger partial charge in [0.1, 0.15) is 0 Å². The number of carboxylic acid groups (broad SMARTS) is 1. The minimum atomic E-state index is -0.930. The average Bonchev–Trinajstić information content (AvgIpc) is 2.72. The van der Waals surface area contributed by atoms with Crippen molar-refractivity contribution in [1.82, 2.24) is 0 Å². The molecule has 1 atom stereocenters. The van der Waals surface area contributed by atoms with Gasteiger partial charge in [0.15, 0.2) is 0 Å². The predicted octanol–water partition coefficient (Wildman–Crippen LogP) is 3.11. The normalized spacial score (nSPS) is 16.0. The van der Waals surface area contributed by atoms with Gasteiger partial charge >= 0.3 is 5.97 Å². The van der Waals surface area contributed by atoms with Crippen molar-refractivity contribution < 1.29 is 9.90 Å². The molecule has 0 saturated heterocycles. The number of hydrogen-bond donors (Lipinski definition) is 2. The van der Waals surface area contributed by atoms with Gasteiger partial charge in [-0.25, -0.2) is 4.79 Å². The van der Waals surface area contributed by atoms with Crippen LogP contribution >= 0.6 is 11.6 Å². The van der Waals surface area contributed by atoms with Crippen molar-refractivity contribution in [3.8, 4) is 11.1 Å². The summed E-state index contributed by atoms with van der Waals surface area (Å²) < 4.78 is 0. The van der Waals surface area contributed by atoms with Crippen molar-refractivity contribution >= 4 is 17.6 Å². The maximum Gasteiger partial charge on any atom is 0.335 e. The number of aromatic carboxylic acids is 1. The van der Waals surface area contributed by atoms with Gasteiger partial charge in [-0.1, -0.05) is 29.8 Å². The number of nitrogens with two attached hydrogens (primary N) is 1. The molecule has 3 rings (SSSR count). The number of hydrogen-bond acceptors (Lipinski definition) is 2. The summed E-state index contributed by atoms with van der Waals surface area (Å²) in [5.41, 5.74) is 10.1. The molecule has 0 amide bonds. The Labute approximate surface area is 115 Å². The highest BCUT2D eigenvalue weighted by atomic mass is 35.5. The lowest BCUT2D eigenvalue weighted by Crippen LogP contribution is -2.11. The van der Waals surface area contributed by atoms with Crippen LogP contribution in [0.2, 0.25) is 5.02 Å². The van der Waals surface area contributed by atoms with Gasteiger partial charge in [-0.05, 0) is 34.9 Å². The van der Waals surface area contributed by atoms with E-state index in [0.29, 0.717) is 11.6 Å². The maximum absolute atomic E-state index is 11.1. The van der Waals surface area contributed by atoms with E-state index >= 15 is 0 Å². The lowest BCUT2D eigenvalue weighted by Gasteiger charge is -2.10. The van der Waals surface area contributed by atoms with Gasteiger partial charge in [0, 0.05) is 23.0 Å². The van der Waals surface area contributed by atoms with Crippen LogP contribution < -0.4 is 5.73 Å². The van der Waals surface area contributed by atoms with Crippen LogP contribution in [0.1, 0.15) is 27.4 Å². The summed E-state index contributed by atoms with van der Waals surface area (Å²) in [6, 6.07) is 10.9. The van der Waals surface area contributed by atoms with E-state index in [4.69, 9.17) is 22.4 Å². The highest BCUT2D eigenvalue weighted by Crippen LogP contribution is 2.47. The Bertz CT molecular complexity index is 682. The van der Waals surface area contributed by atoms with Crippen LogP contribution in [0.3, 0.4) is 0 Å². The number of rotatable bonds is 2. The van der Waals surface area contributed by atoms with Gasteiger partial charge in [0.2, 0.25) is 0 Å². The molecule has 1 aliphatic carbocycles. The first-order valence-corrected chi connectivity index (χ1v) is 6.37. The lowest BCUT2D eigenvalue weighted by atomic mass is 9.96. The predicted molar refractivity (Wildman–Crippen MR) is 74.7 cm³/mol. The van der Waals surface area contributed by atoms with Crippen molar-refractivity contribution in [3.63, 3.8) is 0 Å². The van der Waals surface area contributed by atoms with E-state index in [9.17, 15) is 4.79 Å². The van der Waals surface area contributed by atoms with Gasteiger partial charge in [0.25, 0.3) is 0 Å². The number of benzene rings is 2. The molecule has 0 heterocycles. The third-order valence-electron chi connectivity index (χ3n) is 3.60. The van der Waals surface area contributed by atoms with Gasteiger partial charge < -0.3 is 10.8 Å². The quantitative estimate of drug-likeness (QED) is 0.884. The minimum Gasteiger partial charge on any atom is -0.478 e. The molecule has 0 aliphatic heterocycles. The Morgan fingerprint density at radius 2 is 2.05 bits per heavy atom. The van der Waals surface area contributed by atoms with E-state index in [-0.39, 0.29) is 11.5 Å². The lowest BCUT2D eigenvalue weighted by molar-refractivity contribution is 0.0697. The zero-order chi connectivity index (χ0) is 13.6. The fourth-order valence-electron chi connectivity index (χ4n) is 2.75. The molecule has 3 N–H and O–H groups in total. The maximum atomic E-state index is 11.1. The Kier molecular flexibility index (Phi) is 2.81. The van der Waals surface area contributed by atoms with Crippen molar-refractivity contribution in [3.05, 3.63) is 58.1 Å². The van der Waals surface area contributed by atoms with Crippen LogP contribution in [0, 0.1) is 0 Å². The molecule has 2 aromatic carbocycles. The highest BCUT2D eigenvalue weighted by Gasteiger charge is 2.29. The first-order chi connectivity index (χ1) is 9.13. The number of fused-ring (bicyclic) bond motifs is 3. The average molecular weight is 274 g/mol. The molecular weight excluding hydrogens is 262 g/mol. The SMILES string of the molecule is NCC1c2cc(C(=O)O)ccc2-c2c(Cl)cccc21. The number of carboxylic acids is 1. The summed E-state index contributed by atoms with van der Waals surface area (Å²) in [6.45, 7) is 0.434. The van der Waals surface area contributed by atoms with E-state index in [1.54, 1.807) is 12.1 Å². The molecular formula is C15H12ClNO2. The Balaban J connectivity index is 2.28. The zero-order valence-corrected chi connectivity index (χ0v) is 10.8. The molecule has 19 heavy (non-hydrogen) atoms. The molecule has 96 valence electrons. The molecule has 0 aromatic heterocycles. The molecule has 0 saturated carbocycles. The van der Waals surface area contributed by atoms with Crippen molar-refractivity contribution in [2.24, 2.45) is 5.73 Å². The Morgan fingerprint density at radius 3 is 2.74 bits per heavy atom. The van der Waals surface area contributed by atoms with E-state index in [0.717, 1.165) is 22.3 Å². The second kappa shape index (κ2) is 4.37. The molecule has 3 nitrogen and oxygen atoms in total. The van der Waals surface area contributed by atoms with E-state index < -0.39 is 5.97 Å². The summed E-state index contributed by atoms with van der Waals surface area (Å²) in [4.78, 5) is 11.1. The van der Waals surface area contributed by atoms with Gasteiger partial charge in [-0.15, -0.1) is 0 Å². The highest BCUT2D eigenvalue weighted by molar-refractivity contribution is 6.33. The molecule has 0 radical (unpaired) electrons. The third kappa shape index (κ3) is 1.74. The van der Waals surface area contributed by atoms with Crippen molar-refractivity contribution in [2.75, 3.05) is 6.54 Å². The molecule has 4 heteroatoms. The largest absolute Gasteiger partial charge is 0.478 e. The van der Waals surface area contributed by atoms with E-state index in [1.165, 1.54) is 0 Å². The minimum absolute atomic E-state index is 0.0167. The number of halogens is 1.